The van der Waals surface area contributed by atoms with Crippen LogP contribution in [0.3, 0.4) is 0 Å². The molecule has 15 heteroatoms. The quantitative estimate of drug-likeness (QED) is 0.502. The Morgan fingerprint density at radius 1 is 0.921 bits per heavy atom. The van der Waals surface area contributed by atoms with E-state index in [-0.39, 0.29) is 38.1 Å². The lowest BCUT2D eigenvalue weighted by Gasteiger charge is -2.46. The molecule has 38 heavy (non-hydrogen) atoms. The largest absolute Gasteiger partial charge is 0.434 e. The van der Waals surface area contributed by atoms with Crippen molar-refractivity contribution in [3.63, 3.8) is 0 Å². The SMILES string of the molecule is CN1CC2(CCN(c3cc(C(F)(F)F)ccc3CN3CCN(C(=O)OC(C(F)(F)F)C(F)(F)F)CC3)C2)C1. The summed E-state index contributed by atoms with van der Waals surface area (Å²) in [5, 5.41) is 0. The van der Waals surface area contributed by atoms with E-state index in [1.807, 2.05) is 11.9 Å². The van der Waals surface area contributed by atoms with E-state index < -0.39 is 36.3 Å². The number of halogens is 9. The molecule has 4 rings (SSSR count). The molecule has 214 valence electrons. The van der Waals surface area contributed by atoms with Crippen LogP contribution >= 0.6 is 0 Å². The van der Waals surface area contributed by atoms with Gasteiger partial charge in [-0.3, -0.25) is 4.90 Å². The predicted molar refractivity (Wildman–Crippen MR) is 117 cm³/mol. The summed E-state index contributed by atoms with van der Waals surface area (Å²) in [5.74, 6) is 0. The Bertz CT molecular complexity index is 1000. The fourth-order valence-corrected chi connectivity index (χ4v) is 5.49. The topological polar surface area (TPSA) is 39.3 Å². The van der Waals surface area contributed by atoms with E-state index >= 15 is 0 Å². The predicted octanol–water partition coefficient (Wildman–Crippen LogP) is 4.59. The Kier molecular flexibility index (Phi) is 7.49. The molecule has 6 nitrogen and oxygen atoms in total. The highest BCUT2D eigenvalue weighted by molar-refractivity contribution is 5.68. The van der Waals surface area contributed by atoms with Crippen LogP contribution in [0.1, 0.15) is 17.5 Å². The van der Waals surface area contributed by atoms with Crippen LogP contribution < -0.4 is 4.90 Å². The fraction of sp³-hybridized carbons (Fsp3) is 0.696. The first-order valence-corrected chi connectivity index (χ1v) is 11.9. The zero-order valence-corrected chi connectivity index (χ0v) is 20.4. The Morgan fingerprint density at radius 3 is 2.05 bits per heavy atom. The lowest BCUT2D eigenvalue weighted by Crippen LogP contribution is -2.55. The molecule has 3 fully saturated rings. The minimum atomic E-state index is -5.81. The van der Waals surface area contributed by atoms with Gasteiger partial charge in [-0.15, -0.1) is 0 Å². The summed E-state index contributed by atoms with van der Waals surface area (Å²) in [4.78, 5) is 18.6. The van der Waals surface area contributed by atoms with E-state index in [1.54, 1.807) is 4.90 Å². The van der Waals surface area contributed by atoms with Crippen molar-refractivity contribution >= 4 is 11.8 Å². The number of benzene rings is 1. The number of likely N-dealkylation sites (tertiary alicyclic amines) is 1. The molecular formula is C23H27F9N4O2. The molecule has 3 aliphatic rings. The van der Waals surface area contributed by atoms with Gasteiger partial charge in [-0.05, 0) is 31.2 Å². The summed E-state index contributed by atoms with van der Waals surface area (Å²) >= 11 is 0. The van der Waals surface area contributed by atoms with Gasteiger partial charge < -0.3 is 19.4 Å². The van der Waals surface area contributed by atoms with Crippen molar-refractivity contribution in [2.24, 2.45) is 5.41 Å². The number of ether oxygens (including phenoxy) is 1. The van der Waals surface area contributed by atoms with E-state index in [1.165, 1.54) is 6.07 Å². The third-order valence-electron chi connectivity index (χ3n) is 7.24. The number of piperazine rings is 1. The fourth-order valence-electron chi connectivity index (χ4n) is 5.49. The molecular weight excluding hydrogens is 535 g/mol. The number of hydrogen-bond acceptors (Lipinski definition) is 5. The molecule has 3 heterocycles. The number of hydrogen-bond donors (Lipinski definition) is 0. The highest BCUT2D eigenvalue weighted by Gasteiger charge is 2.60. The zero-order chi connectivity index (χ0) is 28.1. The van der Waals surface area contributed by atoms with E-state index in [4.69, 9.17) is 0 Å². The first-order valence-electron chi connectivity index (χ1n) is 11.9. The van der Waals surface area contributed by atoms with Gasteiger partial charge in [0.25, 0.3) is 6.10 Å². The molecule has 0 N–H and O–H groups in total. The van der Waals surface area contributed by atoms with Crippen molar-refractivity contribution in [2.75, 3.05) is 64.3 Å². The monoisotopic (exact) mass is 562 g/mol. The van der Waals surface area contributed by atoms with Gasteiger partial charge in [0.2, 0.25) is 0 Å². The van der Waals surface area contributed by atoms with Crippen molar-refractivity contribution in [2.45, 2.75) is 37.6 Å². The smallest absolute Gasteiger partial charge is 0.426 e. The van der Waals surface area contributed by atoms with Gasteiger partial charge in [0.05, 0.1) is 5.56 Å². The minimum absolute atomic E-state index is 0.0386. The maximum atomic E-state index is 13.5. The molecule has 0 atom stereocenters. The van der Waals surface area contributed by atoms with E-state index in [2.05, 4.69) is 9.64 Å². The number of rotatable bonds is 4. The maximum absolute atomic E-state index is 13.5. The van der Waals surface area contributed by atoms with Gasteiger partial charge >= 0.3 is 24.6 Å². The lowest BCUT2D eigenvalue weighted by molar-refractivity contribution is -0.308. The van der Waals surface area contributed by atoms with Crippen LogP contribution in [-0.2, 0) is 17.5 Å². The molecule has 0 aliphatic carbocycles. The Hall–Kier alpha value is -2.42. The molecule has 3 saturated heterocycles. The third-order valence-corrected chi connectivity index (χ3v) is 7.24. The third kappa shape index (κ3) is 6.24. The maximum Gasteiger partial charge on any atom is 0.434 e. The van der Waals surface area contributed by atoms with Crippen molar-refractivity contribution < 1.29 is 49.0 Å². The van der Waals surface area contributed by atoms with E-state index in [9.17, 15) is 44.3 Å². The summed E-state index contributed by atoms with van der Waals surface area (Å²) < 4.78 is 120. The lowest BCUT2D eigenvalue weighted by atomic mass is 9.79. The van der Waals surface area contributed by atoms with Crippen LogP contribution in [0.15, 0.2) is 18.2 Å². The van der Waals surface area contributed by atoms with Gasteiger partial charge in [0, 0.05) is 70.0 Å². The molecule has 3 aliphatic heterocycles. The highest BCUT2D eigenvalue weighted by atomic mass is 19.4. The second kappa shape index (κ2) is 9.96. The summed E-state index contributed by atoms with van der Waals surface area (Å²) in [6, 6.07) is 3.51. The summed E-state index contributed by atoms with van der Waals surface area (Å²) in [7, 11) is 1.98. The van der Waals surface area contributed by atoms with E-state index in [0.717, 1.165) is 36.5 Å². The average molecular weight is 562 g/mol. The Morgan fingerprint density at radius 2 is 1.53 bits per heavy atom. The second-order valence-corrected chi connectivity index (χ2v) is 10.3. The summed E-state index contributed by atoms with van der Waals surface area (Å²) in [5.41, 5.74) is 0.329. The minimum Gasteiger partial charge on any atom is -0.426 e. The molecule has 0 radical (unpaired) electrons. The number of alkyl halides is 9. The molecule has 1 spiro atoms. The first kappa shape index (κ1) is 28.6. The van der Waals surface area contributed by atoms with E-state index in [0.29, 0.717) is 24.3 Å². The van der Waals surface area contributed by atoms with Gasteiger partial charge in [0.15, 0.2) is 0 Å². The number of carbonyl (C=O) groups excluding carboxylic acids is 1. The molecule has 0 saturated carbocycles. The number of carbonyl (C=O) groups is 1. The second-order valence-electron chi connectivity index (χ2n) is 10.3. The van der Waals surface area contributed by atoms with Crippen LogP contribution in [0.2, 0.25) is 0 Å². The normalized spacial score (nSPS) is 21.3. The highest BCUT2D eigenvalue weighted by Crippen LogP contribution is 2.43. The van der Waals surface area contributed by atoms with Gasteiger partial charge in [-0.1, -0.05) is 6.07 Å². The standard InChI is InChI=1S/C23H27F9N4O2/c1-33-12-20(13-33)4-5-36(14-20)17-10-16(21(24,25)26)3-2-15(17)11-34-6-8-35(9-7-34)19(37)38-18(22(27,28)29)23(30,31)32/h2-3,10,18H,4-9,11-14H2,1H3. The van der Waals surface area contributed by atoms with Crippen LogP contribution in [0.25, 0.3) is 0 Å². The van der Waals surface area contributed by atoms with Crippen LogP contribution in [0.5, 0.6) is 0 Å². The zero-order valence-electron chi connectivity index (χ0n) is 20.4. The number of anilines is 1. The first-order chi connectivity index (χ1) is 17.5. The van der Waals surface area contributed by atoms with Crippen molar-refractivity contribution in [3.8, 4) is 0 Å². The Balaban J connectivity index is 1.42. The van der Waals surface area contributed by atoms with Crippen LogP contribution in [0, 0.1) is 5.41 Å². The van der Waals surface area contributed by atoms with Crippen LogP contribution in [-0.4, -0.2) is 98.7 Å². The van der Waals surface area contributed by atoms with Gasteiger partial charge in [-0.25, -0.2) is 4.79 Å². The van der Waals surface area contributed by atoms with Crippen molar-refractivity contribution in [1.29, 1.82) is 0 Å². The van der Waals surface area contributed by atoms with Gasteiger partial charge in [-0.2, -0.15) is 39.5 Å². The van der Waals surface area contributed by atoms with Crippen molar-refractivity contribution in [1.82, 2.24) is 14.7 Å². The Labute approximate surface area is 212 Å². The summed E-state index contributed by atoms with van der Waals surface area (Å²) in [6.45, 7) is 2.92. The number of amides is 1. The molecule has 1 aromatic carbocycles. The molecule has 1 amide bonds. The molecule has 1 aromatic rings. The molecule has 0 aromatic heterocycles. The average Bonchev–Trinajstić information content (AvgIpc) is 3.20. The number of nitrogens with zero attached hydrogens (tertiary/aromatic N) is 4. The summed E-state index contributed by atoms with van der Waals surface area (Å²) in [6.07, 6.45) is -21.3. The van der Waals surface area contributed by atoms with Gasteiger partial charge in [0.1, 0.15) is 0 Å². The molecule has 0 unspecified atom stereocenters. The van der Waals surface area contributed by atoms with Crippen molar-refractivity contribution in [3.05, 3.63) is 29.3 Å². The molecule has 0 bridgehead atoms. The van der Waals surface area contributed by atoms with Crippen LogP contribution in [0.4, 0.5) is 50.0 Å².